The fraction of sp³-hybridized carbons (Fsp3) is 0.385. The Labute approximate surface area is 108 Å². The minimum absolute atomic E-state index is 0.236. The minimum Gasteiger partial charge on any atom is -0.481 e. The van der Waals surface area contributed by atoms with E-state index in [2.05, 4.69) is 5.32 Å². The van der Waals surface area contributed by atoms with E-state index in [1.165, 1.54) is 0 Å². The first-order chi connectivity index (χ1) is 8.97. The first-order valence-corrected chi connectivity index (χ1v) is 5.96. The molecule has 0 heterocycles. The van der Waals surface area contributed by atoms with Crippen LogP contribution in [0.15, 0.2) is 18.2 Å². The molecule has 1 aliphatic rings. The molecule has 102 valence electrons. The number of carboxylic acids is 1. The Morgan fingerprint density at radius 3 is 2.58 bits per heavy atom. The van der Waals surface area contributed by atoms with Crippen molar-refractivity contribution >= 4 is 11.9 Å². The molecular formula is C13H13F2NO3. The summed E-state index contributed by atoms with van der Waals surface area (Å²) in [7, 11) is 0. The Balaban J connectivity index is 2.00. The van der Waals surface area contributed by atoms with Crippen molar-refractivity contribution in [2.45, 2.75) is 25.3 Å². The number of carbonyl (C=O) groups is 2. The highest BCUT2D eigenvalue weighted by Gasteiger charge is 2.31. The zero-order chi connectivity index (χ0) is 14.0. The molecule has 0 aromatic heterocycles. The number of rotatable bonds is 3. The van der Waals surface area contributed by atoms with Crippen molar-refractivity contribution in [1.82, 2.24) is 5.32 Å². The number of aliphatic carboxylic acids is 1. The van der Waals surface area contributed by atoms with E-state index in [0.29, 0.717) is 25.3 Å². The van der Waals surface area contributed by atoms with Gasteiger partial charge in [-0.25, -0.2) is 8.78 Å². The number of hydrogen-bond donors (Lipinski definition) is 2. The van der Waals surface area contributed by atoms with E-state index in [1.54, 1.807) is 0 Å². The van der Waals surface area contributed by atoms with Crippen molar-refractivity contribution in [3.05, 3.63) is 35.4 Å². The predicted octanol–water partition coefficient (Wildman–Crippen LogP) is 1.95. The summed E-state index contributed by atoms with van der Waals surface area (Å²) in [6, 6.07) is 2.44. The Kier molecular flexibility index (Phi) is 3.78. The predicted molar refractivity (Wildman–Crippen MR) is 62.6 cm³/mol. The Morgan fingerprint density at radius 1 is 1.26 bits per heavy atom. The van der Waals surface area contributed by atoms with Crippen LogP contribution in [0.1, 0.15) is 29.6 Å². The van der Waals surface area contributed by atoms with Crippen molar-refractivity contribution in [2.24, 2.45) is 5.92 Å². The van der Waals surface area contributed by atoms with E-state index in [4.69, 9.17) is 5.11 Å². The molecule has 0 spiro atoms. The maximum atomic E-state index is 13.4. The van der Waals surface area contributed by atoms with E-state index in [1.807, 2.05) is 0 Å². The molecule has 1 aromatic carbocycles. The van der Waals surface area contributed by atoms with Gasteiger partial charge in [0.15, 0.2) is 0 Å². The van der Waals surface area contributed by atoms with Crippen LogP contribution in [-0.2, 0) is 4.79 Å². The molecule has 2 atom stereocenters. The molecule has 0 aliphatic heterocycles. The third-order valence-electron chi connectivity index (χ3n) is 3.29. The van der Waals surface area contributed by atoms with Crippen molar-refractivity contribution in [3.8, 4) is 0 Å². The standard InChI is InChI=1S/C13H13F2NO3/c14-8-2-4-10(11(15)6-8)12(17)16-9-3-1-7(5-9)13(18)19/h2,4,6-7,9H,1,3,5H2,(H,16,17)(H,18,19). The first-order valence-electron chi connectivity index (χ1n) is 5.96. The second-order valence-corrected chi connectivity index (χ2v) is 4.64. The van der Waals surface area contributed by atoms with E-state index in [-0.39, 0.29) is 11.6 Å². The Hall–Kier alpha value is -1.98. The summed E-state index contributed by atoms with van der Waals surface area (Å²) in [5, 5.41) is 11.4. The molecule has 0 radical (unpaired) electrons. The molecule has 2 N–H and O–H groups in total. The number of nitrogens with one attached hydrogen (secondary N) is 1. The SMILES string of the molecule is O=C(NC1CCC(C(=O)O)C1)c1ccc(F)cc1F. The van der Waals surface area contributed by atoms with Crippen LogP contribution in [-0.4, -0.2) is 23.0 Å². The van der Waals surface area contributed by atoms with Crippen LogP contribution in [0.5, 0.6) is 0 Å². The van der Waals surface area contributed by atoms with Gasteiger partial charge in [-0.15, -0.1) is 0 Å². The van der Waals surface area contributed by atoms with Crippen molar-refractivity contribution in [1.29, 1.82) is 0 Å². The molecular weight excluding hydrogens is 256 g/mol. The molecule has 4 nitrogen and oxygen atoms in total. The van der Waals surface area contributed by atoms with Gasteiger partial charge in [-0.05, 0) is 31.4 Å². The minimum atomic E-state index is -0.926. The van der Waals surface area contributed by atoms with E-state index < -0.39 is 29.4 Å². The lowest BCUT2D eigenvalue weighted by Crippen LogP contribution is -2.33. The number of halogens is 2. The summed E-state index contributed by atoms with van der Waals surface area (Å²) < 4.78 is 26.1. The lowest BCUT2D eigenvalue weighted by Gasteiger charge is -2.12. The van der Waals surface area contributed by atoms with Crippen LogP contribution in [0.3, 0.4) is 0 Å². The van der Waals surface area contributed by atoms with Gasteiger partial charge in [0.2, 0.25) is 0 Å². The molecule has 1 aromatic rings. The third-order valence-corrected chi connectivity index (χ3v) is 3.29. The second kappa shape index (κ2) is 5.34. The van der Waals surface area contributed by atoms with Gasteiger partial charge in [-0.3, -0.25) is 9.59 Å². The largest absolute Gasteiger partial charge is 0.481 e. The smallest absolute Gasteiger partial charge is 0.306 e. The summed E-state index contributed by atoms with van der Waals surface area (Å²) in [5.74, 6) is -3.67. The van der Waals surface area contributed by atoms with Crippen LogP contribution in [0.4, 0.5) is 8.78 Å². The lowest BCUT2D eigenvalue weighted by atomic mass is 10.1. The molecule has 1 fully saturated rings. The Morgan fingerprint density at radius 2 is 2.00 bits per heavy atom. The summed E-state index contributed by atoms with van der Waals surface area (Å²) in [5.41, 5.74) is -0.236. The van der Waals surface area contributed by atoms with Gasteiger partial charge < -0.3 is 10.4 Å². The van der Waals surface area contributed by atoms with Crippen LogP contribution < -0.4 is 5.32 Å². The number of carbonyl (C=O) groups excluding carboxylic acids is 1. The quantitative estimate of drug-likeness (QED) is 0.881. The topological polar surface area (TPSA) is 66.4 Å². The lowest BCUT2D eigenvalue weighted by molar-refractivity contribution is -0.141. The Bertz CT molecular complexity index is 519. The van der Waals surface area contributed by atoms with Gasteiger partial charge in [0.05, 0.1) is 11.5 Å². The molecule has 1 aliphatic carbocycles. The number of carboxylic acid groups (broad SMARTS) is 1. The van der Waals surface area contributed by atoms with Crippen molar-refractivity contribution in [3.63, 3.8) is 0 Å². The maximum absolute atomic E-state index is 13.4. The highest BCUT2D eigenvalue weighted by molar-refractivity contribution is 5.94. The summed E-state index contributed by atoms with van der Waals surface area (Å²) in [4.78, 5) is 22.6. The monoisotopic (exact) mass is 269 g/mol. The molecule has 2 rings (SSSR count). The van der Waals surface area contributed by atoms with Crippen LogP contribution in [0, 0.1) is 17.6 Å². The zero-order valence-corrected chi connectivity index (χ0v) is 10.0. The maximum Gasteiger partial charge on any atom is 0.306 e. The molecule has 19 heavy (non-hydrogen) atoms. The van der Waals surface area contributed by atoms with Crippen LogP contribution in [0.25, 0.3) is 0 Å². The van der Waals surface area contributed by atoms with Gasteiger partial charge in [0.1, 0.15) is 11.6 Å². The number of benzene rings is 1. The van der Waals surface area contributed by atoms with Crippen LogP contribution >= 0.6 is 0 Å². The van der Waals surface area contributed by atoms with Gasteiger partial charge in [-0.2, -0.15) is 0 Å². The average molecular weight is 269 g/mol. The van der Waals surface area contributed by atoms with Crippen molar-refractivity contribution in [2.75, 3.05) is 0 Å². The fourth-order valence-corrected chi connectivity index (χ4v) is 2.27. The van der Waals surface area contributed by atoms with Gasteiger partial charge in [0, 0.05) is 12.1 Å². The second-order valence-electron chi connectivity index (χ2n) is 4.64. The molecule has 0 bridgehead atoms. The first kappa shape index (κ1) is 13.5. The van der Waals surface area contributed by atoms with E-state index in [9.17, 15) is 18.4 Å². The van der Waals surface area contributed by atoms with E-state index >= 15 is 0 Å². The fourth-order valence-electron chi connectivity index (χ4n) is 2.27. The van der Waals surface area contributed by atoms with Gasteiger partial charge in [0.25, 0.3) is 5.91 Å². The molecule has 1 saturated carbocycles. The molecule has 2 unspecified atom stereocenters. The molecule has 6 heteroatoms. The number of amides is 1. The van der Waals surface area contributed by atoms with Crippen molar-refractivity contribution < 1.29 is 23.5 Å². The highest BCUT2D eigenvalue weighted by atomic mass is 19.1. The van der Waals surface area contributed by atoms with E-state index in [0.717, 1.165) is 12.1 Å². The average Bonchev–Trinajstić information content (AvgIpc) is 2.77. The third kappa shape index (κ3) is 3.07. The highest BCUT2D eigenvalue weighted by Crippen LogP contribution is 2.26. The molecule has 1 amide bonds. The number of hydrogen-bond acceptors (Lipinski definition) is 2. The summed E-state index contributed by atoms with van der Waals surface area (Å²) in [6.45, 7) is 0. The molecule has 0 saturated heterocycles. The van der Waals surface area contributed by atoms with Crippen LogP contribution in [0.2, 0.25) is 0 Å². The summed E-state index contributed by atoms with van der Waals surface area (Å²) >= 11 is 0. The van der Waals surface area contributed by atoms with Gasteiger partial charge in [-0.1, -0.05) is 0 Å². The zero-order valence-electron chi connectivity index (χ0n) is 10.0. The summed E-state index contributed by atoms with van der Waals surface area (Å²) in [6.07, 6.45) is 1.38. The van der Waals surface area contributed by atoms with Gasteiger partial charge >= 0.3 is 5.97 Å². The normalized spacial score (nSPS) is 22.2.